The number of alkyl halides is 9. The average Bonchev–Trinajstić information content (AvgIpc) is 3.41. The molecule has 0 aliphatic heterocycles. The van der Waals surface area contributed by atoms with Crippen molar-refractivity contribution in [3.05, 3.63) is 0 Å². The maximum Gasteiger partial charge on any atom is 0.403 e. The van der Waals surface area contributed by atoms with Crippen molar-refractivity contribution in [2.75, 3.05) is 14.2 Å². The fraction of sp³-hybridized carbons (Fsp3) is 1.00. The minimum atomic E-state index is -5.86. The summed E-state index contributed by atoms with van der Waals surface area (Å²) >= 11 is 0. The van der Waals surface area contributed by atoms with Gasteiger partial charge in [0.05, 0.1) is 0 Å². The topological polar surface area (TPSA) is 18.5 Å². The fourth-order valence-electron chi connectivity index (χ4n) is 6.81. The molecule has 4 aliphatic carbocycles. The van der Waals surface area contributed by atoms with Crippen LogP contribution in [0.3, 0.4) is 0 Å². The second kappa shape index (κ2) is 8.01. The molecule has 0 aromatic carbocycles. The highest BCUT2D eigenvalue weighted by molar-refractivity contribution is 6.64. The first-order valence-electron chi connectivity index (χ1n) is 11.1. The predicted molar refractivity (Wildman–Crippen MR) is 105 cm³/mol. The number of fused-ring (bicyclic) bond motifs is 9. The van der Waals surface area contributed by atoms with Gasteiger partial charge in [0.25, 0.3) is 5.92 Å². The predicted octanol–water partition coefficient (Wildman–Crippen LogP) is 7.14. The molecule has 4 saturated carbocycles. The maximum atomic E-state index is 15.6. The molecule has 0 radical (unpaired) electrons. The molecule has 4 fully saturated rings. The Morgan fingerprint density at radius 1 is 0.788 bits per heavy atom. The van der Waals surface area contributed by atoms with Crippen LogP contribution in [0.25, 0.3) is 0 Å². The molecular formula is C21H31F9O2Si. The SMILES string of the molecule is CC(CC1(F)C2CC(C3C4CCC(C4)C32)C1(F)F)(C(F)(F)F)C(F)(F)F.CO[Si](C)(C)OC. The van der Waals surface area contributed by atoms with E-state index < -0.39 is 68.0 Å². The molecule has 12 heteroatoms. The third-order valence-corrected chi connectivity index (χ3v) is 10.9. The Bertz CT molecular complexity index is 718. The van der Waals surface area contributed by atoms with Crippen LogP contribution in [0.15, 0.2) is 0 Å². The van der Waals surface area contributed by atoms with E-state index in [2.05, 4.69) is 0 Å². The zero-order valence-corrected chi connectivity index (χ0v) is 20.2. The van der Waals surface area contributed by atoms with Gasteiger partial charge < -0.3 is 8.85 Å². The maximum absolute atomic E-state index is 15.6. The third-order valence-electron chi connectivity index (χ3n) is 8.94. The van der Waals surface area contributed by atoms with Gasteiger partial charge in [-0.3, -0.25) is 0 Å². The largest absolute Gasteiger partial charge is 0.403 e. The summed E-state index contributed by atoms with van der Waals surface area (Å²) in [6.07, 6.45) is -12.2. The number of rotatable bonds is 4. The highest BCUT2D eigenvalue weighted by atomic mass is 28.4. The lowest BCUT2D eigenvalue weighted by Crippen LogP contribution is -2.61. The van der Waals surface area contributed by atoms with Crippen LogP contribution < -0.4 is 0 Å². The third kappa shape index (κ3) is 3.93. The highest BCUT2D eigenvalue weighted by Crippen LogP contribution is 2.76. The van der Waals surface area contributed by atoms with Crippen molar-refractivity contribution >= 4 is 8.56 Å². The molecule has 33 heavy (non-hydrogen) atoms. The lowest BCUT2D eigenvalue weighted by atomic mass is 9.61. The molecule has 194 valence electrons. The normalized spacial score (nSPS) is 39.5. The standard InChI is InChI=1S/C17H19F9.C4H12O2Si/c1-13(16(21,22)23,17(24,25)26)6-14(18)9-5-10(15(14,19)20)12-8-3-2-7(4-8)11(9)12;1-5-7(3,4)6-2/h7-12H,2-6H2,1H3;1-4H3. The van der Waals surface area contributed by atoms with Crippen molar-refractivity contribution in [2.24, 2.45) is 40.9 Å². The monoisotopic (exact) mass is 514 g/mol. The number of hydrogen-bond donors (Lipinski definition) is 0. The summed E-state index contributed by atoms with van der Waals surface area (Å²) in [6.45, 7) is 3.79. The summed E-state index contributed by atoms with van der Waals surface area (Å²) in [5, 5.41) is 0. The molecule has 0 spiro atoms. The van der Waals surface area contributed by atoms with Gasteiger partial charge in [0.2, 0.25) is 0 Å². The zero-order chi connectivity index (χ0) is 25.4. The van der Waals surface area contributed by atoms with E-state index in [-0.39, 0.29) is 25.2 Å². The van der Waals surface area contributed by atoms with Crippen molar-refractivity contribution in [1.82, 2.24) is 0 Å². The average molecular weight is 515 g/mol. The molecule has 4 aliphatic rings. The van der Waals surface area contributed by atoms with Crippen LogP contribution in [0.2, 0.25) is 13.1 Å². The first kappa shape index (κ1) is 27.1. The van der Waals surface area contributed by atoms with Crippen LogP contribution in [0, 0.1) is 40.9 Å². The van der Waals surface area contributed by atoms with Crippen LogP contribution in [0.5, 0.6) is 0 Å². The van der Waals surface area contributed by atoms with Crippen molar-refractivity contribution in [3.63, 3.8) is 0 Å². The molecule has 7 unspecified atom stereocenters. The molecule has 0 aromatic rings. The van der Waals surface area contributed by atoms with Crippen LogP contribution in [-0.2, 0) is 8.85 Å². The molecule has 2 nitrogen and oxygen atoms in total. The van der Waals surface area contributed by atoms with E-state index >= 15 is 4.39 Å². The van der Waals surface area contributed by atoms with Gasteiger partial charge in [-0.25, -0.2) is 13.2 Å². The van der Waals surface area contributed by atoms with Crippen molar-refractivity contribution in [1.29, 1.82) is 0 Å². The molecule has 0 N–H and O–H groups in total. The van der Waals surface area contributed by atoms with Gasteiger partial charge >= 0.3 is 20.9 Å². The van der Waals surface area contributed by atoms with Crippen LogP contribution in [0.1, 0.15) is 39.0 Å². The van der Waals surface area contributed by atoms with Gasteiger partial charge in [-0.15, -0.1) is 0 Å². The summed E-state index contributed by atoms with van der Waals surface area (Å²) in [6, 6.07) is 0. The zero-order valence-electron chi connectivity index (χ0n) is 19.2. The Balaban J connectivity index is 0.000000383. The molecule has 0 amide bonds. The van der Waals surface area contributed by atoms with Crippen molar-refractivity contribution in [3.8, 4) is 0 Å². The van der Waals surface area contributed by atoms with Crippen LogP contribution in [0.4, 0.5) is 39.5 Å². The van der Waals surface area contributed by atoms with E-state index in [1.165, 1.54) is 0 Å². The van der Waals surface area contributed by atoms with E-state index in [0.717, 1.165) is 6.42 Å². The van der Waals surface area contributed by atoms with Gasteiger partial charge in [-0.2, -0.15) is 26.3 Å². The van der Waals surface area contributed by atoms with Gasteiger partial charge in [-0.05, 0) is 69.4 Å². The number of halogens is 9. The molecular weight excluding hydrogens is 483 g/mol. The molecule has 4 rings (SSSR count). The van der Waals surface area contributed by atoms with Gasteiger partial charge in [0, 0.05) is 32.5 Å². The van der Waals surface area contributed by atoms with E-state index in [9.17, 15) is 35.1 Å². The molecule has 0 aromatic heterocycles. The Morgan fingerprint density at radius 3 is 1.58 bits per heavy atom. The molecule has 4 bridgehead atoms. The Labute approximate surface area is 188 Å². The molecule has 7 atom stereocenters. The Kier molecular flexibility index (Phi) is 6.58. The first-order valence-corrected chi connectivity index (χ1v) is 13.9. The van der Waals surface area contributed by atoms with Crippen LogP contribution >= 0.6 is 0 Å². The second-order valence-electron chi connectivity index (χ2n) is 10.7. The van der Waals surface area contributed by atoms with Gasteiger partial charge in [0.15, 0.2) is 11.1 Å². The summed E-state index contributed by atoms with van der Waals surface area (Å²) in [5.41, 5.74) is -8.28. The molecule has 0 saturated heterocycles. The van der Waals surface area contributed by atoms with Crippen molar-refractivity contribution in [2.45, 2.75) is 76.1 Å². The summed E-state index contributed by atoms with van der Waals surface area (Å²) < 4.78 is 134. The lowest BCUT2D eigenvalue weighted by Gasteiger charge is -2.49. The lowest BCUT2D eigenvalue weighted by molar-refractivity contribution is -0.354. The second-order valence-corrected chi connectivity index (χ2v) is 14.4. The summed E-state index contributed by atoms with van der Waals surface area (Å²) in [7, 11) is 1.70. The smallest absolute Gasteiger partial charge is 0.398 e. The fourth-order valence-corrected chi connectivity index (χ4v) is 6.97. The number of hydrogen-bond acceptors (Lipinski definition) is 2. The van der Waals surface area contributed by atoms with Gasteiger partial charge in [0.1, 0.15) is 0 Å². The minimum absolute atomic E-state index is 0.00652. The summed E-state index contributed by atoms with van der Waals surface area (Å²) in [4.78, 5) is 0. The quantitative estimate of drug-likeness (QED) is 0.226. The Hall–Kier alpha value is -0.493. The van der Waals surface area contributed by atoms with E-state index in [0.29, 0.717) is 12.8 Å². The van der Waals surface area contributed by atoms with Gasteiger partial charge in [-0.1, -0.05) is 0 Å². The molecule has 0 heterocycles. The minimum Gasteiger partial charge on any atom is -0.398 e. The Morgan fingerprint density at radius 2 is 1.21 bits per heavy atom. The van der Waals surface area contributed by atoms with Crippen LogP contribution in [-0.4, -0.2) is 46.7 Å². The van der Waals surface area contributed by atoms with E-state index in [1.807, 2.05) is 13.1 Å². The summed E-state index contributed by atoms with van der Waals surface area (Å²) in [5.74, 6) is -8.03. The first-order chi connectivity index (χ1) is 14.8. The van der Waals surface area contributed by atoms with Crippen molar-refractivity contribution < 1.29 is 48.4 Å². The van der Waals surface area contributed by atoms with E-state index in [1.54, 1.807) is 14.2 Å². The highest BCUT2D eigenvalue weighted by Gasteiger charge is 2.83. The van der Waals surface area contributed by atoms with E-state index in [4.69, 9.17) is 8.85 Å².